The molecule has 1 aromatic rings. The van der Waals surface area contributed by atoms with Crippen LogP contribution in [0.15, 0.2) is 24.4 Å². The number of hydrogen-bond donors (Lipinski definition) is 1. The fourth-order valence-corrected chi connectivity index (χ4v) is 1.60. The van der Waals surface area contributed by atoms with E-state index in [4.69, 9.17) is 0 Å². The maximum absolute atomic E-state index is 4.31. The van der Waals surface area contributed by atoms with Crippen LogP contribution in [-0.2, 0) is 0 Å². The monoisotopic (exact) mass is 232 g/mol. The zero-order chi connectivity index (χ0) is 12.7. The molecule has 0 saturated heterocycles. The van der Waals surface area contributed by atoms with E-state index in [1.807, 2.05) is 13.1 Å². The Morgan fingerprint density at radius 3 is 2.76 bits per heavy atom. The number of nitrogens with zero attached hydrogens (tertiary/aromatic N) is 1. The molecular weight excluding hydrogens is 208 g/mol. The van der Waals surface area contributed by atoms with Crippen LogP contribution in [0.1, 0.15) is 38.4 Å². The summed E-state index contributed by atoms with van der Waals surface area (Å²) in [4.78, 5) is 4.31. The summed E-state index contributed by atoms with van der Waals surface area (Å²) in [6, 6.07) is 4.19. The van der Waals surface area contributed by atoms with E-state index in [0.717, 1.165) is 31.1 Å². The Morgan fingerprint density at radius 2 is 2.18 bits per heavy atom. The van der Waals surface area contributed by atoms with Crippen molar-refractivity contribution in [2.45, 2.75) is 34.1 Å². The van der Waals surface area contributed by atoms with E-state index in [9.17, 15) is 0 Å². The normalized spacial score (nSPS) is 12.2. The summed E-state index contributed by atoms with van der Waals surface area (Å²) in [6.07, 6.45) is 5.30. The molecular formula is C15H24N2. The summed E-state index contributed by atoms with van der Waals surface area (Å²) in [6.45, 7) is 10.8. The molecule has 94 valence electrons. The second-order valence-corrected chi connectivity index (χ2v) is 4.96. The highest BCUT2D eigenvalue weighted by atomic mass is 14.8. The number of aryl methyl sites for hydroxylation is 1. The molecule has 0 fully saturated rings. The lowest BCUT2D eigenvalue weighted by molar-refractivity contribution is 0.557. The van der Waals surface area contributed by atoms with Gasteiger partial charge in [0.05, 0.1) is 0 Å². The van der Waals surface area contributed by atoms with Crippen molar-refractivity contribution < 1.29 is 0 Å². The molecule has 0 aliphatic heterocycles. The fourth-order valence-electron chi connectivity index (χ4n) is 1.60. The van der Waals surface area contributed by atoms with Crippen LogP contribution in [0, 0.1) is 12.8 Å². The molecule has 0 saturated carbocycles. The van der Waals surface area contributed by atoms with Gasteiger partial charge in [0, 0.05) is 11.9 Å². The van der Waals surface area contributed by atoms with Crippen LogP contribution < -0.4 is 5.32 Å². The summed E-state index contributed by atoms with van der Waals surface area (Å²) < 4.78 is 0. The number of hydrogen-bond acceptors (Lipinski definition) is 2. The van der Waals surface area contributed by atoms with Crippen molar-refractivity contribution >= 4 is 5.57 Å². The van der Waals surface area contributed by atoms with E-state index in [1.165, 1.54) is 11.1 Å². The standard InChI is InChI=1S/C15H24N2/c1-12(2)10-16-9-5-6-13(3)15-8-7-14(4)17-11-15/h6-8,11-12,16H,5,9-10H2,1-4H3. The maximum atomic E-state index is 4.31. The molecule has 17 heavy (non-hydrogen) atoms. The molecule has 0 aliphatic carbocycles. The van der Waals surface area contributed by atoms with Crippen molar-refractivity contribution in [1.82, 2.24) is 10.3 Å². The first kappa shape index (κ1) is 13.9. The van der Waals surface area contributed by atoms with Gasteiger partial charge in [-0.2, -0.15) is 0 Å². The first-order chi connectivity index (χ1) is 8.09. The van der Waals surface area contributed by atoms with Gasteiger partial charge in [-0.15, -0.1) is 0 Å². The minimum absolute atomic E-state index is 0.723. The van der Waals surface area contributed by atoms with Crippen molar-refractivity contribution in [3.8, 4) is 0 Å². The molecule has 1 heterocycles. The van der Waals surface area contributed by atoms with Gasteiger partial charge >= 0.3 is 0 Å². The summed E-state index contributed by atoms with van der Waals surface area (Å²) in [5.74, 6) is 0.723. The molecule has 1 rings (SSSR count). The Morgan fingerprint density at radius 1 is 1.41 bits per heavy atom. The summed E-state index contributed by atoms with van der Waals surface area (Å²) in [5.41, 5.74) is 3.60. The maximum Gasteiger partial charge on any atom is 0.0373 e. The Kier molecular flexibility index (Phi) is 5.92. The number of aromatic nitrogens is 1. The summed E-state index contributed by atoms with van der Waals surface area (Å²) in [5, 5.41) is 3.44. The van der Waals surface area contributed by atoms with Crippen LogP contribution in [0.4, 0.5) is 0 Å². The Hall–Kier alpha value is -1.15. The average molecular weight is 232 g/mol. The minimum Gasteiger partial charge on any atom is -0.316 e. The molecule has 1 aromatic heterocycles. The van der Waals surface area contributed by atoms with Crippen LogP contribution in [0.3, 0.4) is 0 Å². The molecule has 0 unspecified atom stereocenters. The fraction of sp³-hybridized carbons (Fsp3) is 0.533. The SMILES string of the molecule is CC(=CCCNCC(C)C)c1ccc(C)nc1. The predicted octanol–water partition coefficient (Wildman–Crippen LogP) is 3.43. The van der Waals surface area contributed by atoms with Gasteiger partial charge in [-0.3, -0.25) is 4.98 Å². The topological polar surface area (TPSA) is 24.9 Å². The minimum atomic E-state index is 0.723. The van der Waals surface area contributed by atoms with Crippen molar-refractivity contribution in [3.63, 3.8) is 0 Å². The van der Waals surface area contributed by atoms with Gasteiger partial charge < -0.3 is 5.32 Å². The van der Waals surface area contributed by atoms with Gasteiger partial charge in [0.1, 0.15) is 0 Å². The first-order valence-electron chi connectivity index (χ1n) is 6.40. The lowest BCUT2D eigenvalue weighted by Gasteiger charge is -2.06. The second-order valence-electron chi connectivity index (χ2n) is 4.96. The van der Waals surface area contributed by atoms with Crippen LogP contribution in [0.5, 0.6) is 0 Å². The quantitative estimate of drug-likeness (QED) is 0.760. The van der Waals surface area contributed by atoms with Gasteiger partial charge in [-0.05, 0) is 56.5 Å². The van der Waals surface area contributed by atoms with Crippen LogP contribution in [-0.4, -0.2) is 18.1 Å². The number of rotatable bonds is 6. The molecule has 0 spiro atoms. The molecule has 0 radical (unpaired) electrons. The van der Waals surface area contributed by atoms with Crippen LogP contribution in [0.25, 0.3) is 5.57 Å². The third-order valence-electron chi connectivity index (χ3n) is 2.69. The largest absolute Gasteiger partial charge is 0.316 e. The van der Waals surface area contributed by atoms with E-state index in [0.29, 0.717) is 0 Å². The van der Waals surface area contributed by atoms with E-state index >= 15 is 0 Å². The van der Waals surface area contributed by atoms with E-state index in [2.05, 4.69) is 49.3 Å². The molecule has 0 aliphatic rings. The lowest BCUT2D eigenvalue weighted by atomic mass is 10.1. The number of nitrogens with one attached hydrogen (secondary N) is 1. The third-order valence-corrected chi connectivity index (χ3v) is 2.69. The average Bonchev–Trinajstić information content (AvgIpc) is 2.29. The Bertz CT molecular complexity index is 350. The van der Waals surface area contributed by atoms with Gasteiger partial charge in [0.2, 0.25) is 0 Å². The van der Waals surface area contributed by atoms with Crippen molar-refractivity contribution in [3.05, 3.63) is 35.7 Å². The molecule has 2 nitrogen and oxygen atoms in total. The molecule has 1 N–H and O–H groups in total. The van der Waals surface area contributed by atoms with Gasteiger partial charge in [0.15, 0.2) is 0 Å². The number of pyridine rings is 1. The zero-order valence-electron chi connectivity index (χ0n) is 11.5. The highest BCUT2D eigenvalue weighted by molar-refractivity contribution is 5.62. The predicted molar refractivity (Wildman–Crippen MR) is 74.9 cm³/mol. The van der Waals surface area contributed by atoms with E-state index in [1.54, 1.807) is 0 Å². The van der Waals surface area contributed by atoms with Crippen molar-refractivity contribution in [2.24, 2.45) is 5.92 Å². The van der Waals surface area contributed by atoms with Gasteiger partial charge in [-0.25, -0.2) is 0 Å². The number of allylic oxidation sites excluding steroid dienone is 1. The van der Waals surface area contributed by atoms with Crippen LogP contribution in [0.2, 0.25) is 0 Å². The lowest BCUT2D eigenvalue weighted by Crippen LogP contribution is -2.20. The van der Waals surface area contributed by atoms with Crippen molar-refractivity contribution in [1.29, 1.82) is 0 Å². The summed E-state index contributed by atoms with van der Waals surface area (Å²) >= 11 is 0. The second kappa shape index (κ2) is 7.23. The third kappa shape index (κ3) is 5.64. The Balaban J connectivity index is 2.36. The van der Waals surface area contributed by atoms with Crippen molar-refractivity contribution in [2.75, 3.05) is 13.1 Å². The molecule has 0 atom stereocenters. The smallest absolute Gasteiger partial charge is 0.0373 e. The Labute approximate surface area is 105 Å². The molecule has 0 bridgehead atoms. The van der Waals surface area contributed by atoms with Crippen LogP contribution >= 0.6 is 0 Å². The van der Waals surface area contributed by atoms with E-state index in [-0.39, 0.29) is 0 Å². The molecule has 2 heteroatoms. The molecule has 0 amide bonds. The van der Waals surface area contributed by atoms with E-state index < -0.39 is 0 Å². The highest BCUT2D eigenvalue weighted by Gasteiger charge is 1.96. The van der Waals surface area contributed by atoms with Gasteiger partial charge in [0.25, 0.3) is 0 Å². The summed E-state index contributed by atoms with van der Waals surface area (Å²) in [7, 11) is 0. The van der Waals surface area contributed by atoms with Gasteiger partial charge in [-0.1, -0.05) is 26.0 Å². The zero-order valence-corrected chi connectivity index (χ0v) is 11.5. The first-order valence-corrected chi connectivity index (χ1v) is 6.40. The highest BCUT2D eigenvalue weighted by Crippen LogP contribution is 2.12. The molecule has 0 aromatic carbocycles.